The number of allylic oxidation sites excluding steroid dienone is 2. The van der Waals surface area contributed by atoms with Gasteiger partial charge in [-0.15, -0.1) is 0 Å². The molecule has 12 heteroatoms. The Morgan fingerprint density at radius 1 is 1.08 bits per heavy atom. The monoisotopic (exact) mass is 512 g/mol. The van der Waals surface area contributed by atoms with Gasteiger partial charge in [-0.05, 0) is 54.3 Å². The van der Waals surface area contributed by atoms with Crippen LogP contribution in [0, 0.1) is 5.41 Å². The van der Waals surface area contributed by atoms with Crippen LogP contribution in [0.15, 0.2) is 54.5 Å². The van der Waals surface area contributed by atoms with Crippen LogP contribution in [-0.4, -0.2) is 23.2 Å². The van der Waals surface area contributed by atoms with E-state index in [9.17, 15) is 35.9 Å². The van der Waals surface area contributed by atoms with E-state index in [0.717, 1.165) is 18.3 Å². The van der Waals surface area contributed by atoms with E-state index in [-0.39, 0.29) is 35.6 Å². The summed E-state index contributed by atoms with van der Waals surface area (Å²) in [6.45, 7) is 0. The number of hydrogen-bond donors (Lipinski definition) is 3. The number of pyridine rings is 1. The van der Waals surface area contributed by atoms with Crippen molar-refractivity contribution in [2.75, 3.05) is 5.32 Å². The molecule has 0 bridgehead atoms. The van der Waals surface area contributed by atoms with Crippen molar-refractivity contribution in [3.05, 3.63) is 76.9 Å². The van der Waals surface area contributed by atoms with Gasteiger partial charge in [-0.1, -0.05) is 12.1 Å². The van der Waals surface area contributed by atoms with E-state index in [4.69, 9.17) is 11.5 Å². The molecule has 0 aliphatic heterocycles. The van der Waals surface area contributed by atoms with Gasteiger partial charge in [-0.25, -0.2) is 4.98 Å². The Morgan fingerprint density at radius 2 is 1.81 bits per heavy atom. The van der Waals surface area contributed by atoms with Crippen molar-refractivity contribution in [2.24, 2.45) is 16.9 Å². The maximum atomic E-state index is 13.1. The van der Waals surface area contributed by atoms with Gasteiger partial charge in [0.05, 0.1) is 18.3 Å². The summed E-state index contributed by atoms with van der Waals surface area (Å²) in [5, 5.41) is 2.67. The van der Waals surface area contributed by atoms with Gasteiger partial charge in [-0.3, -0.25) is 4.79 Å². The smallest absolute Gasteiger partial charge is 0.398 e. The van der Waals surface area contributed by atoms with Crippen molar-refractivity contribution in [1.29, 1.82) is 0 Å². The average molecular weight is 512 g/mol. The molecule has 2 aromatic rings. The number of rotatable bonds is 7. The van der Waals surface area contributed by atoms with Crippen LogP contribution < -0.4 is 16.8 Å². The first-order valence-electron chi connectivity index (χ1n) is 10.7. The highest BCUT2D eigenvalue weighted by Gasteiger charge is 2.49. The van der Waals surface area contributed by atoms with Crippen LogP contribution in [0.25, 0.3) is 5.70 Å². The van der Waals surface area contributed by atoms with Gasteiger partial charge in [0.25, 0.3) is 0 Å². The van der Waals surface area contributed by atoms with Gasteiger partial charge in [0.15, 0.2) is 5.78 Å². The summed E-state index contributed by atoms with van der Waals surface area (Å²) in [6.07, 6.45) is -6.90. The number of carbonyl (C=O) groups is 2. The molecule has 1 aromatic heterocycles. The van der Waals surface area contributed by atoms with Gasteiger partial charge >= 0.3 is 12.4 Å². The number of alkyl halides is 6. The molecule has 6 nitrogen and oxygen atoms in total. The van der Waals surface area contributed by atoms with Crippen LogP contribution in [0.3, 0.4) is 0 Å². The molecular weight excluding hydrogens is 490 g/mol. The molecular formula is C24H22F6N4O2. The van der Waals surface area contributed by atoms with Crippen LogP contribution in [0.4, 0.5) is 32.0 Å². The molecule has 0 spiro atoms. The van der Waals surface area contributed by atoms with E-state index in [1.54, 1.807) is 6.07 Å². The minimum atomic E-state index is -4.60. The van der Waals surface area contributed by atoms with Gasteiger partial charge < -0.3 is 21.6 Å². The molecule has 0 amide bonds. The largest absolute Gasteiger partial charge is 0.433 e. The van der Waals surface area contributed by atoms with Gasteiger partial charge in [0.2, 0.25) is 0 Å². The topological polar surface area (TPSA) is 111 Å². The second-order valence-corrected chi connectivity index (χ2v) is 8.44. The summed E-state index contributed by atoms with van der Waals surface area (Å²) in [7, 11) is 0. The molecule has 192 valence electrons. The van der Waals surface area contributed by atoms with Crippen LogP contribution in [0.5, 0.6) is 0 Å². The lowest BCUT2D eigenvalue weighted by Gasteiger charge is -2.36. The van der Waals surface area contributed by atoms with Crippen LogP contribution in [0.1, 0.15) is 46.4 Å². The number of benzene rings is 1. The lowest BCUT2D eigenvalue weighted by Crippen LogP contribution is -2.40. The number of fused-ring (bicyclic) bond motifs is 1. The minimum Gasteiger partial charge on any atom is -0.398 e. The number of nitrogens with zero attached hydrogens (tertiary/aromatic N) is 1. The van der Waals surface area contributed by atoms with Crippen molar-refractivity contribution in [3.63, 3.8) is 0 Å². The molecule has 1 heterocycles. The second kappa shape index (κ2) is 10.0. The number of ketones is 1. The highest BCUT2D eigenvalue weighted by atomic mass is 19.4. The zero-order chi connectivity index (χ0) is 26.7. The molecule has 1 aromatic carbocycles. The van der Waals surface area contributed by atoms with Crippen molar-refractivity contribution in [1.82, 2.24) is 4.98 Å². The van der Waals surface area contributed by atoms with Gasteiger partial charge in [0.1, 0.15) is 17.8 Å². The van der Waals surface area contributed by atoms with Crippen LogP contribution >= 0.6 is 0 Å². The summed E-state index contributed by atoms with van der Waals surface area (Å²) >= 11 is 0. The Kier molecular flexibility index (Phi) is 7.46. The minimum absolute atomic E-state index is 0.0541. The van der Waals surface area contributed by atoms with Crippen molar-refractivity contribution in [3.8, 4) is 0 Å². The van der Waals surface area contributed by atoms with E-state index in [2.05, 4.69) is 10.3 Å². The summed E-state index contributed by atoms with van der Waals surface area (Å²) in [6, 6.07) is 6.42. The zero-order valence-corrected chi connectivity index (χ0v) is 18.7. The van der Waals surface area contributed by atoms with Gasteiger partial charge in [-0.2, -0.15) is 26.3 Å². The molecule has 0 saturated carbocycles. The molecule has 0 saturated heterocycles. The summed E-state index contributed by atoms with van der Waals surface area (Å²) in [5.74, 6) is -0.667. The molecule has 36 heavy (non-hydrogen) atoms. The normalized spacial score (nSPS) is 19.1. The number of carbonyl (C=O) groups excluding carboxylic acids is 2. The van der Waals surface area contributed by atoms with Crippen molar-refractivity contribution < 1.29 is 35.9 Å². The number of nitrogens with two attached hydrogens (primary N) is 2. The Bertz CT molecular complexity index is 1200. The maximum Gasteiger partial charge on any atom is 0.433 e. The standard InChI is InChI=1S/C24H22F6N4O2/c25-23(26,27)13-22(9-10-35)8-7-14-11-15(1-3-17(14)21(22)36)18(31)4-6-20(32)34-16-2-5-19(33-12-16)24(28,29)30/h1-6,10-12,34H,7-9,13,31-32H2/b18-4-,20-6+. The Hall–Kier alpha value is -3.83. The molecule has 3 rings (SSSR count). The fourth-order valence-electron chi connectivity index (χ4n) is 4.07. The van der Waals surface area contributed by atoms with Gasteiger partial charge in [0, 0.05) is 23.1 Å². The predicted molar refractivity (Wildman–Crippen MR) is 120 cm³/mol. The summed E-state index contributed by atoms with van der Waals surface area (Å²) in [5.41, 5.74) is 10.6. The second-order valence-electron chi connectivity index (χ2n) is 8.44. The average Bonchev–Trinajstić information content (AvgIpc) is 2.79. The molecule has 1 aliphatic carbocycles. The number of anilines is 1. The molecule has 1 aliphatic rings. The number of aromatic nitrogens is 1. The Labute approximate surface area is 202 Å². The molecule has 0 fully saturated rings. The third-order valence-electron chi connectivity index (χ3n) is 5.84. The quantitative estimate of drug-likeness (QED) is 0.275. The lowest BCUT2D eigenvalue weighted by molar-refractivity contribution is -0.155. The van der Waals surface area contributed by atoms with Crippen molar-refractivity contribution >= 4 is 23.5 Å². The third kappa shape index (κ3) is 6.23. The van der Waals surface area contributed by atoms with E-state index in [1.165, 1.54) is 24.3 Å². The Morgan fingerprint density at radius 3 is 2.39 bits per heavy atom. The third-order valence-corrected chi connectivity index (χ3v) is 5.84. The van der Waals surface area contributed by atoms with E-state index in [1.807, 2.05) is 0 Å². The van der Waals surface area contributed by atoms with Crippen molar-refractivity contribution in [2.45, 2.75) is 38.0 Å². The highest BCUT2D eigenvalue weighted by Crippen LogP contribution is 2.45. The molecule has 1 atom stereocenters. The molecule has 0 radical (unpaired) electrons. The fraction of sp³-hybridized carbons (Fsp3) is 0.292. The predicted octanol–water partition coefficient (Wildman–Crippen LogP) is 4.97. The van der Waals surface area contributed by atoms with E-state index in [0.29, 0.717) is 17.4 Å². The van der Waals surface area contributed by atoms with Crippen LogP contribution in [-0.2, 0) is 17.4 Å². The molecule has 1 unspecified atom stereocenters. The lowest BCUT2D eigenvalue weighted by atomic mass is 9.66. The first kappa shape index (κ1) is 26.8. The number of hydrogen-bond acceptors (Lipinski definition) is 6. The zero-order valence-electron chi connectivity index (χ0n) is 18.7. The first-order chi connectivity index (χ1) is 16.7. The fourth-order valence-corrected chi connectivity index (χ4v) is 4.07. The number of halogens is 6. The SMILES string of the molecule is N/C(=C\C=C(/N)Nc1ccc(C(F)(F)F)nc1)c1ccc2c(c1)CCC(CC=O)(CC(F)(F)F)C2=O. The number of aryl methyl sites for hydroxylation is 1. The van der Waals surface area contributed by atoms with E-state index < -0.39 is 42.1 Å². The number of nitrogens with one attached hydrogen (secondary N) is 1. The van der Waals surface area contributed by atoms with Crippen LogP contribution in [0.2, 0.25) is 0 Å². The Balaban J connectivity index is 1.77. The maximum absolute atomic E-state index is 13.1. The molecule has 5 N–H and O–H groups in total. The summed E-state index contributed by atoms with van der Waals surface area (Å²) in [4.78, 5) is 27.3. The number of aldehydes is 1. The van der Waals surface area contributed by atoms with E-state index >= 15 is 0 Å². The summed E-state index contributed by atoms with van der Waals surface area (Å²) < 4.78 is 77.2. The number of Topliss-reactive ketones (excluding diaryl/α,β-unsaturated/α-hetero) is 1. The highest BCUT2D eigenvalue weighted by molar-refractivity contribution is 6.04. The first-order valence-corrected chi connectivity index (χ1v) is 10.7.